The second-order valence-electron chi connectivity index (χ2n) is 3.55. The summed E-state index contributed by atoms with van der Waals surface area (Å²) < 4.78 is 1.57. The highest BCUT2D eigenvalue weighted by atomic mass is 32.1. The predicted octanol–water partition coefficient (Wildman–Crippen LogP) is 1.36. The van der Waals surface area contributed by atoms with Gasteiger partial charge in [0, 0.05) is 11.1 Å². The molecule has 0 aliphatic rings. The number of rotatable bonds is 3. The molecule has 0 saturated heterocycles. The Labute approximate surface area is 101 Å². The molecule has 0 unspecified atom stereocenters. The van der Waals surface area contributed by atoms with Crippen LogP contribution in [0, 0.1) is 6.92 Å². The van der Waals surface area contributed by atoms with E-state index in [-0.39, 0.29) is 10.6 Å². The van der Waals surface area contributed by atoms with Crippen LogP contribution in [0.15, 0.2) is 28.4 Å². The van der Waals surface area contributed by atoms with Gasteiger partial charge < -0.3 is 5.11 Å². The van der Waals surface area contributed by atoms with E-state index in [1.807, 2.05) is 6.92 Å². The lowest BCUT2D eigenvalue weighted by Crippen LogP contribution is -2.16. The first kappa shape index (κ1) is 11.5. The molecular weight excluding hydrogens is 240 g/mol. The van der Waals surface area contributed by atoms with Crippen LogP contribution >= 0.6 is 11.3 Å². The molecule has 2 aromatic rings. The summed E-state index contributed by atoms with van der Waals surface area (Å²) in [5.74, 6) is -1.07. The van der Waals surface area contributed by atoms with Crippen molar-refractivity contribution in [3.8, 4) is 0 Å². The monoisotopic (exact) mass is 250 g/mol. The molecule has 2 rings (SSSR count). The number of hydrogen-bond acceptors (Lipinski definition) is 4. The van der Waals surface area contributed by atoms with Gasteiger partial charge in [0.1, 0.15) is 5.69 Å². The number of carboxylic acids is 1. The molecule has 0 aliphatic heterocycles. The number of carbonyl (C=O) groups is 1. The minimum absolute atomic E-state index is 0.0107. The van der Waals surface area contributed by atoms with E-state index >= 15 is 0 Å². The molecule has 0 aliphatic carbocycles. The second-order valence-corrected chi connectivity index (χ2v) is 4.37. The van der Waals surface area contributed by atoms with E-state index < -0.39 is 5.97 Å². The molecule has 17 heavy (non-hydrogen) atoms. The number of hydrogen-bond donors (Lipinski definition) is 1. The lowest BCUT2D eigenvalue weighted by Gasteiger charge is -2.04. The molecule has 0 amide bonds. The fraction of sp³-hybridized carbons (Fsp3) is 0.182. The van der Waals surface area contributed by atoms with Crippen LogP contribution in [0.2, 0.25) is 0 Å². The first-order chi connectivity index (χ1) is 8.08. The molecule has 6 heteroatoms. The Morgan fingerprint density at radius 2 is 2.29 bits per heavy atom. The van der Waals surface area contributed by atoms with E-state index in [0.717, 1.165) is 17.0 Å². The highest BCUT2D eigenvalue weighted by molar-refractivity contribution is 7.07. The van der Waals surface area contributed by atoms with Gasteiger partial charge in [0.15, 0.2) is 0 Å². The summed E-state index contributed by atoms with van der Waals surface area (Å²) in [4.78, 5) is 26.2. The third-order valence-electron chi connectivity index (χ3n) is 2.32. The molecule has 88 valence electrons. The van der Waals surface area contributed by atoms with Gasteiger partial charge in [-0.2, -0.15) is 0 Å². The van der Waals surface area contributed by atoms with Crippen LogP contribution in [-0.4, -0.2) is 20.6 Å². The first-order valence-electron chi connectivity index (χ1n) is 4.92. The van der Waals surface area contributed by atoms with Crippen LogP contribution in [0.1, 0.15) is 21.9 Å². The van der Waals surface area contributed by atoms with Crippen LogP contribution in [-0.2, 0) is 6.54 Å². The van der Waals surface area contributed by atoms with Crippen molar-refractivity contribution in [3.05, 3.63) is 50.3 Å². The summed E-state index contributed by atoms with van der Waals surface area (Å²) in [5.41, 5.74) is 1.40. The van der Waals surface area contributed by atoms with Gasteiger partial charge in [0.25, 0.3) is 0 Å². The van der Waals surface area contributed by atoms with Crippen molar-refractivity contribution in [2.75, 3.05) is 0 Å². The summed E-state index contributed by atoms with van der Waals surface area (Å²) in [7, 11) is 0. The van der Waals surface area contributed by atoms with Gasteiger partial charge in [-0.25, -0.2) is 9.78 Å². The van der Waals surface area contributed by atoms with Crippen LogP contribution in [0.5, 0.6) is 0 Å². The third-order valence-corrected chi connectivity index (χ3v) is 3.20. The Morgan fingerprint density at radius 3 is 2.88 bits per heavy atom. The second kappa shape index (κ2) is 4.50. The highest BCUT2D eigenvalue weighted by Gasteiger charge is 2.08. The Balaban J connectivity index is 2.34. The number of nitrogens with zero attached hydrogens (tertiary/aromatic N) is 2. The van der Waals surface area contributed by atoms with Gasteiger partial charge in [-0.15, -0.1) is 0 Å². The van der Waals surface area contributed by atoms with Crippen LogP contribution < -0.4 is 4.87 Å². The van der Waals surface area contributed by atoms with E-state index in [0.29, 0.717) is 12.2 Å². The molecule has 0 saturated carbocycles. The maximum Gasteiger partial charge on any atom is 0.354 e. The third kappa shape index (κ3) is 2.42. The molecule has 2 heterocycles. The summed E-state index contributed by atoms with van der Waals surface area (Å²) in [5, 5.41) is 10.6. The minimum atomic E-state index is -1.07. The fourth-order valence-electron chi connectivity index (χ4n) is 1.44. The van der Waals surface area contributed by atoms with Gasteiger partial charge in [-0.05, 0) is 19.1 Å². The zero-order chi connectivity index (χ0) is 12.4. The van der Waals surface area contributed by atoms with Crippen molar-refractivity contribution in [1.29, 1.82) is 0 Å². The number of aryl methyl sites for hydroxylation is 1. The van der Waals surface area contributed by atoms with E-state index in [1.165, 1.54) is 6.07 Å². The number of carboxylic acid groups (broad SMARTS) is 1. The van der Waals surface area contributed by atoms with Crippen molar-refractivity contribution in [2.24, 2.45) is 0 Å². The molecule has 0 fully saturated rings. The van der Waals surface area contributed by atoms with E-state index in [2.05, 4.69) is 4.98 Å². The van der Waals surface area contributed by atoms with Crippen molar-refractivity contribution < 1.29 is 9.90 Å². The zero-order valence-electron chi connectivity index (χ0n) is 9.08. The van der Waals surface area contributed by atoms with E-state index in [1.54, 1.807) is 22.1 Å². The average molecular weight is 250 g/mol. The minimum Gasteiger partial charge on any atom is -0.477 e. The zero-order valence-corrected chi connectivity index (χ0v) is 9.90. The lowest BCUT2D eigenvalue weighted by atomic mass is 10.3. The quantitative estimate of drug-likeness (QED) is 0.892. The van der Waals surface area contributed by atoms with Crippen molar-refractivity contribution >= 4 is 17.3 Å². The summed E-state index contributed by atoms with van der Waals surface area (Å²) in [6.07, 6.45) is 0. The maximum absolute atomic E-state index is 11.5. The van der Waals surface area contributed by atoms with Gasteiger partial charge in [0.2, 0.25) is 0 Å². The SMILES string of the molecule is Cc1csc(=O)n1Cc1cccc(C(=O)O)n1. The Bertz CT molecular complexity index is 615. The molecule has 0 bridgehead atoms. The number of thiazole rings is 1. The molecule has 0 aromatic carbocycles. The average Bonchev–Trinajstić information content (AvgIpc) is 2.61. The van der Waals surface area contributed by atoms with Crippen LogP contribution in [0.4, 0.5) is 0 Å². The molecule has 0 radical (unpaired) electrons. The normalized spacial score (nSPS) is 10.4. The first-order valence-corrected chi connectivity index (χ1v) is 5.80. The summed E-state index contributed by atoms with van der Waals surface area (Å²) in [6.45, 7) is 2.13. The summed E-state index contributed by atoms with van der Waals surface area (Å²) in [6, 6.07) is 4.75. The molecular formula is C11H10N2O3S. The topological polar surface area (TPSA) is 72.2 Å². The number of aromatic carboxylic acids is 1. The number of aromatic nitrogens is 2. The van der Waals surface area contributed by atoms with Crippen molar-refractivity contribution in [3.63, 3.8) is 0 Å². The molecule has 0 atom stereocenters. The Morgan fingerprint density at radius 1 is 1.53 bits per heavy atom. The van der Waals surface area contributed by atoms with Crippen molar-refractivity contribution in [1.82, 2.24) is 9.55 Å². The smallest absolute Gasteiger partial charge is 0.354 e. The highest BCUT2D eigenvalue weighted by Crippen LogP contribution is 2.05. The standard InChI is InChI=1S/C11H10N2O3S/c1-7-6-17-11(16)13(7)5-8-3-2-4-9(12-8)10(14)15/h2-4,6H,5H2,1H3,(H,14,15). The van der Waals surface area contributed by atoms with Gasteiger partial charge in [-0.3, -0.25) is 9.36 Å². The number of pyridine rings is 1. The van der Waals surface area contributed by atoms with E-state index in [9.17, 15) is 9.59 Å². The predicted molar refractivity (Wildman–Crippen MR) is 63.6 cm³/mol. The van der Waals surface area contributed by atoms with Crippen LogP contribution in [0.25, 0.3) is 0 Å². The molecule has 0 spiro atoms. The van der Waals surface area contributed by atoms with Crippen LogP contribution in [0.3, 0.4) is 0 Å². The van der Waals surface area contributed by atoms with Gasteiger partial charge in [-0.1, -0.05) is 17.4 Å². The molecule has 5 nitrogen and oxygen atoms in total. The molecule has 1 N–H and O–H groups in total. The van der Waals surface area contributed by atoms with Crippen molar-refractivity contribution in [2.45, 2.75) is 13.5 Å². The maximum atomic E-state index is 11.5. The summed E-state index contributed by atoms with van der Waals surface area (Å²) >= 11 is 1.12. The van der Waals surface area contributed by atoms with Gasteiger partial charge >= 0.3 is 10.8 Å². The fourth-order valence-corrected chi connectivity index (χ4v) is 2.18. The van der Waals surface area contributed by atoms with E-state index in [4.69, 9.17) is 5.11 Å². The Hall–Kier alpha value is -1.95. The van der Waals surface area contributed by atoms with Gasteiger partial charge in [0.05, 0.1) is 12.2 Å². The largest absolute Gasteiger partial charge is 0.477 e. The lowest BCUT2D eigenvalue weighted by molar-refractivity contribution is 0.0690. The molecule has 2 aromatic heterocycles. The Kier molecular flexibility index (Phi) is 3.06.